The molecule has 4 nitrogen and oxygen atoms in total. The van der Waals surface area contributed by atoms with Gasteiger partial charge in [0.2, 0.25) is 0 Å². The smallest absolute Gasteiger partial charge is 0.165 e. The molecule has 0 aliphatic rings. The summed E-state index contributed by atoms with van der Waals surface area (Å²) in [6.07, 6.45) is 7.57. The van der Waals surface area contributed by atoms with Crippen molar-refractivity contribution in [1.82, 2.24) is 19.1 Å². The number of aromatic amines is 1. The van der Waals surface area contributed by atoms with E-state index in [1.54, 1.807) is 0 Å². The lowest BCUT2D eigenvalue weighted by molar-refractivity contribution is 1.10. The summed E-state index contributed by atoms with van der Waals surface area (Å²) >= 11 is 0. The van der Waals surface area contributed by atoms with Gasteiger partial charge >= 0.3 is 0 Å². The number of aromatic nitrogens is 4. The zero-order valence-electron chi connectivity index (χ0n) is 21.5. The number of benzene rings is 4. The van der Waals surface area contributed by atoms with Gasteiger partial charge in [-0.3, -0.25) is 9.13 Å². The van der Waals surface area contributed by atoms with E-state index < -0.39 is 0 Å². The number of nitrogens with zero attached hydrogens (tertiary/aromatic N) is 3. The first-order valence-electron chi connectivity index (χ1n) is 13.2. The molecule has 38 heavy (non-hydrogen) atoms. The number of nitrogens with one attached hydrogen (secondary N) is 1. The Morgan fingerprint density at radius 3 is 2.32 bits per heavy atom. The number of rotatable bonds is 5. The lowest BCUT2D eigenvalue weighted by Gasteiger charge is -2.11. The van der Waals surface area contributed by atoms with Crippen LogP contribution in [-0.2, 0) is 0 Å². The summed E-state index contributed by atoms with van der Waals surface area (Å²) in [6, 6.07) is 34.1. The van der Waals surface area contributed by atoms with Crippen LogP contribution in [0.4, 0.5) is 0 Å². The van der Waals surface area contributed by atoms with Crippen LogP contribution in [0.15, 0.2) is 115 Å². The van der Waals surface area contributed by atoms with Gasteiger partial charge in [0.15, 0.2) is 5.65 Å². The summed E-state index contributed by atoms with van der Waals surface area (Å²) in [5, 5.41) is 3.66. The fourth-order valence-corrected chi connectivity index (χ4v) is 5.67. The summed E-state index contributed by atoms with van der Waals surface area (Å²) in [6.45, 7) is 4.27. The molecule has 0 spiro atoms. The molecule has 4 aromatic carbocycles. The number of allylic oxidation sites excluding steroid dienone is 4. The molecule has 0 aliphatic carbocycles. The van der Waals surface area contributed by atoms with Crippen molar-refractivity contribution >= 4 is 49.6 Å². The molecule has 0 amide bonds. The van der Waals surface area contributed by atoms with Crippen LogP contribution < -0.4 is 0 Å². The topological polar surface area (TPSA) is 38.5 Å². The zero-order valence-corrected chi connectivity index (χ0v) is 21.5. The van der Waals surface area contributed by atoms with Crippen LogP contribution >= 0.6 is 0 Å². The van der Waals surface area contributed by atoms with E-state index in [-0.39, 0.29) is 0 Å². The first kappa shape index (κ1) is 22.4. The number of fused-ring (bicyclic) bond motifs is 7. The highest BCUT2D eigenvalue weighted by atomic mass is 15.2. The van der Waals surface area contributed by atoms with Gasteiger partial charge in [0.1, 0.15) is 11.3 Å². The van der Waals surface area contributed by atoms with Crippen molar-refractivity contribution in [3.63, 3.8) is 0 Å². The molecule has 0 atom stereocenters. The first-order chi connectivity index (χ1) is 18.8. The predicted octanol–water partition coefficient (Wildman–Crippen LogP) is 9.11. The van der Waals surface area contributed by atoms with Crippen molar-refractivity contribution in [1.29, 1.82) is 0 Å². The van der Waals surface area contributed by atoms with Gasteiger partial charge < -0.3 is 4.98 Å². The molecule has 0 unspecified atom stereocenters. The summed E-state index contributed by atoms with van der Waals surface area (Å²) in [4.78, 5) is 9.04. The Kier molecular flexibility index (Phi) is 5.26. The molecular formula is C34H28N4. The minimum absolute atomic E-state index is 0.934. The second kappa shape index (κ2) is 8.93. The number of hydrogen-bond donors (Lipinski definition) is 1. The normalized spacial score (nSPS) is 12.6. The third kappa shape index (κ3) is 3.27. The molecule has 3 heterocycles. The molecule has 184 valence electrons. The standard InChI is InChI=1S/C34H28N4/c1-3-5-16-24(4-2)37-29-22-21-28-30(26-19-12-13-20-27(26)35-28)31(29)32-34(37)36-33(23-14-8-6-9-15-23)38(32)25-17-10-7-11-18-25/h4-22,35H,3H2,1-2H3/b16-5-,24-4+. The zero-order chi connectivity index (χ0) is 25.6. The molecule has 0 radical (unpaired) electrons. The van der Waals surface area contributed by atoms with E-state index in [1.807, 2.05) is 0 Å². The van der Waals surface area contributed by atoms with E-state index in [0.717, 1.165) is 56.9 Å². The Morgan fingerprint density at radius 1 is 0.816 bits per heavy atom. The van der Waals surface area contributed by atoms with Crippen molar-refractivity contribution in [3.05, 3.63) is 115 Å². The van der Waals surface area contributed by atoms with E-state index in [1.165, 1.54) is 16.2 Å². The number of hydrogen-bond acceptors (Lipinski definition) is 1. The SMILES string of the molecule is C/C=C(\C=C/CC)n1c2ccc3[nH]c4ccccc4c3c2c2c1nc(-c1ccccc1)n2-c1ccccc1. The molecule has 0 bridgehead atoms. The summed E-state index contributed by atoms with van der Waals surface area (Å²) in [5.74, 6) is 0.934. The number of H-pyrrole nitrogens is 1. The Hall–Kier alpha value is -4.83. The molecule has 0 saturated heterocycles. The minimum Gasteiger partial charge on any atom is -0.354 e. The quantitative estimate of drug-likeness (QED) is 0.239. The number of para-hydroxylation sites is 2. The second-order valence-electron chi connectivity index (χ2n) is 9.56. The van der Waals surface area contributed by atoms with E-state index in [0.29, 0.717) is 0 Å². The van der Waals surface area contributed by atoms with Crippen molar-refractivity contribution < 1.29 is 0 Å². The number of imidazole rings is 1. The molecule has 7 aromatic rings. The average molecular weight is 493 g/mol. The maximum Gasteiger partial charge on any atom is 0.165 e. The van der Waals surface area contributed by atoms with E-state index in [9.17, 15) is 0 Å². The van der Waals surface area contributed by atoms with Crippen molar-refractivity contribution in [2.75, 3.05) is 0 Å². The molecule has 1 N–H and O–H groups in total. The van der Waals surface area contributed by atoms with Crippen LogP contribution in [0.3, 0.4) is 0 Å². The van der Waals surface area contributed by atoms with Crippen LogP contribution in [0.2, 0.25) is 0 Å². The Balaban J connectivity index is 1.75. The van der Waals surface area contributed by atoms with Crippen LogP contribution in [-0.4, -0.2) is 19.1 Å². The Morgan fingerprint density at radius 2 is 1.55 bits per heavy atom. The summed E-state index contributed by atoms with van der Waals surface area (Å²) in [5.41, 5.74) is 8.79. The van der Waals surface area contributed by atoms with Gasteiger partial charge in [0, 0.05) is 44.1 Å². The molecule has 7 rings (SSSR count). The van der Waals surface area contributed by atoms with Crippen LogP contribution in [0, 0.1) is 0 Å². The summed E-state index contributed by atoms with van der Waals surface area (Å²) < 4.78 is 4.66. The second-order valence-corrected chi connectivity index (χ2v) is 9.56. The predicted molar refractivity (Wildman–Crippen MR) is 161 cm³/mol. The Bertz CT molecular complexity index is 2000. The largest absolute Gasteiger partial charge is 0.354 e. The van der Waals surface area contributed by atoms with Gasteiger partial charge in [-0.15, -0.1) is 0 Å². The van der Waals surface area contributed by atoms with Gasteiger partial charge in [-0.05, 0) is 49.8 Å². The highest BCUT2D eigenvalue weighted by Gasteiger charge is 2.25. The van der Waals surface area contributed by atoms with Gasteiger partial charge in [-0.2, -0.15) is 0 Å². The van der Waals surface area contributed by atoms with Gasteiger partial charge in [-0.25, -0.2) is 4.98 Å². The van der Waals surface area contributed by atoms with Crippen molar-refractivity contribution in [3.8, 4) is 17.1 Å². The summed E-state index contributed by atoms with van der Waals surface area (Å²) in [7, 11) is 0. The van der Waals surface area contributed by atoms with Crippen LogP contribution in [0.25, 0.3) is 66.6 Å². The Labute approximate surface area is 221 Å². The van der Waals surface area contributed by atoms with Gasteiger partial charge in [0.25, 0.3) is 0 Å². The first-order valence-corrected chi connectivity index (χ1v) is 13.2. The molecular weight excluding hydrogens is 464 g/mol. The molecule has 4 heteroatoms. The fourth-order valence-electron chi connectivity index (χ4n) is 5.67. The lowest BCUT2D eigenvalue weighted by Crippen LogP contribution is -1.98. The van der Waals surface area contributed by atoms with E-state index >= 15 is 0 Å². The van der Waals surface area contributed by atoms with Crippen LogP contribution in [0.1, 0.15) is 20.3 Å². The monoisotopic (exact) mass is 492 g/mol. The van der Waals surface area contributed by atoms with Gasteiger partial charge in [0.05, 0.1) is 5.52 Å². The van der Waals surface area contributed by atoms with Crippen molar-refractivity contribution in [2.24, 2.45) is 0 Å². The average Bonchev–Trinajstić information content (AvgIpc) is 3.63. The third-order valence-electron chi connectivity index (χ3n) is 7.32. The maximum atomic E-state index is 5.39. The lowest BCUT2D eigenvalue weighted by atomic mass is 10.1. The molecule has 0 aliphatic heterocycles. The maximum absolute atomic E-state index is 5.39. The van der Waals surface area contributed by atoms with Crippen molar-refractivity contribution in [2.45, 2.75) is 20.3 Å². The van der Waals surface area contributed by atoms with E-state index in [2.05, 4.69) is 143 Å². The highest BCUT2D eigenvalue weighted by Crippen LogP contribution is 2.42. The van der Waals surface area contributed by atoms with E-state index in [4.69, 9.17) is 4.98 Å². The van der Waals surface area contributed by atoms with Crippen LogP contribution in [0.5, 0.6) is 0 Å². The molecule has 0 saturated carbocycles. The molecule has 0 fully saturated rings. The molecule has 3 aromatic heterocycles. The fraction of sp³-hybridized carbons (Fsp3) is 0.0882. The van der Waals surface area contributed by atoms with Gasteiger partial charge in [-0.1, -0.05) is 85.8 Å². The third-order valence-corrected chi connectivity index (χ3v) is 7.32. The minimum atomic E-state index is 0.934. The highest BCUT2D eigenvalue weighted by molar-refractivity contribution is 6.28.